The van der Waals surface area contributed by atoms with Crippen molar-refractivity contribution in [2.24, 2.45) is 0 Å². The van der Waals surface area contributed by atoms with Crippen LogP contribution in [0.3, 0.4) is 0 Å². The van der Waals surface area contributed by atoms with Crippen LogP contribution in [0.25, 0.3) is 0 Å². The molecular weight excluding hydrogens is 733 g/mol. The van der Waals surface area contributed by atoms with Gasteiger partial charge in [0.05, 0.1) is 0 Å². The molecule has 0 saturated heterocycles. The lowest BCUT2D eigenvalue weighted by Crippen LogP contribution is -2.30. The number of hydrogen-bond acceptors (Lipinski definition) is 6. The van der Waals surface area contributed by atoms with E-state index in [0.717, 1.165) is 96.3 Å². The predicted molar refractivity (Wildman–Crippen MR) is 252 cm³/mol. The molecule has 1 atom stereocenters. The molecule has 1 unspecified atom stereocenters. The molecule has 0 fully saturated rings. The predicted octanol–water partition coefficient (Wildman–Crippen LogP) is 16.3. The molecule has 0 aliphatic carbocycles. The third kappa shape index (κ3) is 46.3. The molecule has 0 radical (unpaired) electrons. The van der Waals surface area contributed by atoms with E-state index in [4.69, 9.17) is 14.2 Å². The largest absolute Gasteiger partial charge is 0.462 e. The lowest BCUT2D eigenvalue weighted by molar-refractivity contribution is -0.167. The Morgan fingerprint density at radius 3 is 0.983 bits per heavy atom. The molecule has 6 heteroatoms. The van der Waals surface area contributed by atoms with Crippen LogP contribution in [-0.4, -0.2) is 37.2 Å². The van der Waals surface area contributed by atoms with Gasteiger partial charge in [-0.1, -0.05) is 198 Å². The Balaban J connectivity index is 4.33. The fraction of sp³-hybridized carbons (Fsp3) is 0.792. The highest BCUT2D eigenvalue weighted by Crippen LogP contribution is 2.14. The third-order valence-electron chi connectivity index (χ3n) is 10.8. The highest BCUT2D eigenvalue weighted by Gasteiger charge is 2.19. The first-order valence-corrected chi connectivity index (χ1v) is 25.1. The van der Waals surface area contributed by atoms with E-state index in [2.05, 4.69) is 69.4 Å². The van der Waals surface area contributed by atoms with Crippen molar-refractivity contribution in [2.75, 3.05) is 13.2 Å². The van der Waals surface area contributed by atoms with Crippen molar-refractivity contribution in [3.63, 3.8) is 0 Å². The second kappa shape index (κ2) is 48.0. The Morgan fingerprint density at radius 2 is 0.610 bits per heavy atom. The number of allylic oxidation sites excluding steroid dienone is 8. The van der Waals surface area contributed by atoms with Crippen LogP contribution in [0.1, 0.15) is 252 Å². The van der Waals surface area contributed by atoms with Gasteiger partial charge in [0.2, 0.25) is 0 Å². The van der Waals surface area contributed by atoms with Crippen LogP contribution >= 0.6 is 0 Å². The molecule has 0 spiro atoms. The van der Waals surface area contributed by atoms with E-state index in [0.29, 0.717) is 19.3 Å². The minimum atomic E-state index is -0.779. The highest BCUT2D eigenvalue weighted by atomic mass is 16.6. The second-order valence-corrected chi connectivity index (χ2v) is 16.7. The molecule has 0 saturated carbocycles. The van der Waals surface area contributed by atoms with Crippen molar-refractivity contribution in [3.05, 3.63) is 48.6 Å². The first-order valence-electron chi connectivity index (χ1n) is 25.1. The van der Waals surface area contributed by atoms with E-state index in [-0.39, 0.29) is 31.1 Å². The summed E-state index contributed by atoms with van der Waals surface area (Å²) in [5.41, 5.74) is 0. The zero-order valence-corrected chi connectivity index (χ0v) is 39.0. The summed E-state index contributed by atoms with van der Waals surface area (Å²) in [6.07, 6.45) is 56.7. The minimum Gasteiger partial charge on any atom is -0.462 e. The summed E-state index contributed by atoms with van der Waals surface area (Å²) in [5.74, 6) is -0.902. The summed E-state index contributed by atoms with van der Waals surface area (Å²) < 4.78 is 16.7. The maximum absolute atomic E-state index is 12.8. The first-order chi connectivity index (χ1) is 29.0. The standard InChI is InChI=1S/C53H94O6/c1-4-7-10-13-16-19-21-23-25-27-29-30-32-34-37-40-43-46-52(55)58-49-50(48-57-51(54)45-42-39-36-18-15-12-9-6-3)59-53(56)47-44-41-38-35-33-31-28-26-24-22-20-17-14-11-8-5-2/h16,19-20,22-23,25-26,28,50H,4-15,17-18,21,24,27,29-49H2,1-3H3/b19-16-,22-20-,25-23-,28-26-. The van der Waals surface area contributed by atoms with Crippen molar-refractivity contribution >= 4 is 17.9 Å². The molecule has 0 N–H and O–H groups in total. The van der Waals surface area contributed by atoms with E-state index >= 15 is 0 Å². The summed E-state index contributed by atoms with van der Waals surface area (Å²) in [4.78, 5) is 37.8. The zero-order valence-electron chi connectivity index (χ0n) is 39.0. The van der Waals surface area contributed by atoms with E-state index < -0.39 is 6.10 Å². The van der Waals surface area contributed by atoms with Crippen LogP contribution in [0, 0.1) is 0 Å². The third-order valence-corrected chi connectivity index (χ3v) is 10.8. The summed E-state index contributed by atoms with van der Waals surface area (Å²) in [6, 6.07) is 0. The maximum atomic E-state index is 12.8. The smallest absolute Gasteiger partial charge is 0.306 e. The monoisotopic (exact) mass is 827 g/mol. The SMILES string of the molecule is CCCCC/C=C\C/C=C\CCCCCCCCCC(=O)OCC(COC(=O)CCCCCCCCCC)OC(=O)CCCCCCC/C=C\C/C=C\CCCCCC. The molecule has 0 aromatic carbocycles. The zero-order chi connectivity index (χ0) is 43.0. The van der Waals surface area contributed by atoms with Crippen molar-refractivity contribution < 1.29 is 28.6 Å². The van der Waals surface area contributed by atoms with Gasteiger partial charge in [-0.05, 0) is 83.5 Å². The molecule has 0 aromatic heterocycles. The molecule has 0 aliphatic heterocycles. The van der Waals surface area contributed by atoms with Gasteiger partial charge < -0.3 is 14.2 Å². The quantitative estimate of drug-likeness (QED) is 0.0263. The second-order valence-electron chi connectivity index (χ2n) is 16.7. The Kier molecular flexibility index (Phi) is 45.9. The van der Waals surface area contributed by atoms with Crippen LogP contribution in [0.2, 0.25) is 0 Å². The fourth-order valence-electron chi connectivity index (χ4n) is 6.97. The molecule has 0 rings (SSSR count). The average Bonchev–Trinajstić information content (AvgIpc) is 3.23. The fourth-order valence-corrected chi connectivity index (χ4v) is 6.97. The summed E-state index contributed by atoms with van der Waals surface area (Å²) in [6.45, 7) is 6.55. The van der Waals surface area contributed by atoms with Crippen LogP contribution < -0.4 is 0 Å². The van der Waals surface area contributed by atoms with Gasteiger partial charge in [0.25, 0.3) is 0 Å². The van der Waals surface area contributed by atoms with Crippen LogP contribution in [0.5, 0.6) is 0 Å². The number of unbranched alkanes of at least 4 members (excludes halogenated alkanes) is 26. The molecule has 6 nitrogen and oxygen atoms in total. The van der Waals surface area contributed by atoms with Crippen LogP contribution in [0.15, 0.2) is 48.6 Å². The molecule has 0 amide bonds. The summed E-state index contributed by atoms with van der Waals surface area (Å²) in [5, 5.41) is 0. The van der Waals surface area contributed by atoms with Crippen molar-refractivity contribution in [1.82, 2.24) is 0 Å². The van der Waals surface area contributed by atoms with Gasteiger partial charge in [-0.2, -0.15) is 0 Å². The summed E-state index contributed by atoms with van der Waals surface area (Å²) >= 11 is 0. The normalized spacial score (nSPS) is 12.4. The molecule has 0 aromatic rings. The van der Waals surface area contributed by atoms with Crippen molar-refractivity contribution in [1.29, 1.82) is 0 Å². The first kappa shape index (κ1) is 56.4. The molecule has 0 aliphatic rings. The van der Waals surface area contributed by atoms with Gasteiger partial charge in [-0.3, -0.25) is 14.4 Å². The van der Waals surface area contributed by atoms with Gasteiger partial charge in [0.1, 0.15) is 13.2 Å². The van der Waals surface area contributed by atoms with E-state index in [9.17, 15) is 14.4 Å². The topological polar surface area (TPSA) is 78.9 Å². The molecule has 0 bridgehead atoms. The molecule has 59 heavy (non-hydrogen) atoms. The number of carbonyl (C=O) groups excluding carboxylic acids is 3. The Labute approximate surface area is 365 Å². The van der Waals surface area contributed by atoms with E-state index in [1.54, 1.807) is 0 Å². The number of rotatable bonds is 45. The van der Waals surface area contributed by atoms with Gasteiger partial charge in [-0.15, -0.1) is 0 Å². The van der Waals surface area contributed by atoms with Crippen molar-refractivity contribution in [2.45, 2.75) is 258 Å². The summed E-state index contributed by atoms with van der Waals surface area (Å²) in [7, 11) is 0. The molecule has 342 valence electrons. The van der Waals surface area contributed by atoms with Gasteiger partial charge in [0.15, 0.2) is 6.10 Å². The van der Waals surface area contributed by atoms with E-state index in [1.807, 2.05) is 0 Å². The average molecular weight is 827 g/mol. The van der Waals surface area contributed by atoms with E-state index in [1.165, 1.54) is 116 Å². The Morgan fingerprint density at radius 1 is 0.339 bits per heavy atom. The Bertz CT molecular complexity index is 1040. The van der Waals surface area contributed by atoms with Crippen molar-refractivity contribution in [3.8, 4) is 0 Å². The van der Waals surface area contributed by atoms with Gasteiger partial charge in [0, 0.05) is 19.3 Å². The Hall–Kier alpha value is -2.63. The highest BCUT2D eigenvalue weighted by molar-refractivity contribution is 5.71. The number of esters is 3. The van der Waals surface area contributed by atoms with Gasteiger partial charge in [-0.25, -0.2) is 0 Å². The number of ether oxygens (including phenoxy) is 3. The number of carbonyl (C=O) groups is 3. The van der Waals surface area contributed by atoms with Gasteiger partial charge >= 0.3 is 17.9 Å². The number of hydrogen-bond donors (Lipinski definition) is 0. The maximum Gasteiger partial charge on any atom is 0.306 e. The minimum absolute atomic E-state index is 0.0803. The van der Waals surface area contributed by atoms with Crippen LogP contribution in [-0.2, 0) is 28.6 Å². The lowest BCUT2D eigenvalue weighted by atomic mass is 10.1. The molecule has 0 heterocycles. The van der Waals surface area contributed by atoms with Crippen LogP contribution in [0.4, 0.5) is 0 Å². The molecular formula is C53H94O6. The lowest BCUT2D eigenvalue weighted by Gasteiger charge is -2.18.